The molecule has 118 valence electrons. The SMILES string of the molecule is Fc1cc(Cl)cc(-c2c[nH]c3nccc(N4CCOCC4)c23)c1. The second-order valence-electron chi connectivity index (χ2n) is 5.51. The minimum atomic E-state index is -0.348. The lowest BCUT2D eigenvalue weighted by molar-refractivity contribution is 0.123. The van der Waals surface area contributed by atoms with Gasteiger partial charge in [0.15, 0.2) is 0 Å². The molecule has 0 aliphatic carbocycles. The van der Waals surface area contributed by atoms with Crippen molar-refractivity contribution in [3.63, 3.8) is 0 Å². The van der Waals surface area contributed by atoms with Crippen LogP contribution in [-0.2, 0) is 4.74 Å². The van der Waals surface area contributed by atoms with Crippen LogP contribution in [0.3, 0.4) is 0 Å². The molecule has 1 saturated heterocycles. The molecular formula is C17H15ClFN3O. The van der Waals surface area contributed by atoms with Crippen molar-refractivity contribution in [2.24, 2.45) is 0 Å². The maximum Gasteiger partial charge on any atom is 0.139 e. The van der Waals surface area contributed by atoms with Crippen molar-refractivity contribution >= 4 is 28.3 Å². The largest absolute Gasteiger partial charge is 0.378 e. The van der Waals surface area contributed by atoms with Gasteiger partial charge in [0.2, 0.25) is 0 Å². The van der Waals surface area contributed by atoms with Crippen molar-refractivity contribution in [2.75, 3.05) is 31.2 Å². The zero-order valence-corrected chi connectivity index (χ0v) is 13.1. The molecule has 0 spiro atoms. The first kappa shape index (κ1) is 14.5. The van der Waals surface area contributed by atoms with Gasteiger partial charge in [0.25, 0.3) is 0 Å². The second kappa shape index (κ2) is 5.83. The molecular weight excluding hydrogens is 317 g/mol. The maximum atomic E-state index is 13.7. The predicted octanol–water partition coefficient (Wildman–Crippen LogP) is 3.86. The summed E-state index contributed by atoms with van der Waals surface area (Å²) in [5.41, 5.74) is 3.50. The van der Waals surface area contributed by atoms with Crippen LogP contribution in [0.4, 0.5) is 10.1 Å². The Bertz CT molecular complexity index is 838. The predicted molar refractivity (Wildman–Crippen MR) is 89.5 cm³/mol. The van der Waals surface area contributed by atoms with Crippen molar-refractivity contribution in [3.05, 3.63) is 47.5 Å². The number of fused-ring (bicyclic) bond motifs is 1. The molecule has 4 rings (SSSR count). The Morgan fingerprint density at radius 3 is 2.83 bits per heavy atom. The van der Waals surface area contributed by atoms with E-state index >= 15 is 0 Å². The molecule has 2 aromatic heterocycles. The van der Waals surface area contributed by atoms with E-state index in [1.807, 2.05) is 12.3 Å². The van der Waals surface area contributed by atoms with Crippen molar-refractivity contribution in [1.29, 1.82) is 0 Å². The number of aromatic amines is 1. The van der Waals surface area contributed by atoms with E-state index in [1.54, 1.807) is 12.3 Å². The topological polar surface area (TPSA) is 41.2 Å². The molecule has 0 unspecified atom stereocenters. The highest BCUT2D eigenvalue weighted by molar-refractivity contribution is 6.31. The van der Waals surface area contributed by atoms with Gasteiger partial charge in [-0.15, -0.1) is 0 Å². The average Bonchev–Trinajstić information content (AvgIpc) is 2.99. The highest BCUT2D eigenvalue weighted by Crippen LogP contribution is 2.36. The molecule has 1 N–H and O–H groups in total. The van der Waals surface area contributed by atoms with Crippen LogP contribution in [0.5, 0.6) is 0 Å². The second-order valence-corrected chi connectivity index (χ2v) is 5.95. The molecule has 0 atom stereocenters. The first-order valence-corrected chi connectivity index (χ1v) is 7.85. The summed E-state index contributed by atoms with van der Waals surface area (Å²) in [7, 11) is 0. The number of nitrogens with zero attached hydrogens (tertiary/aromatic N) is 2. The normalized spacial score (nSPS) is 15.3. The van der Waals surface area contributed by atoms with E-state index in [0.717, 1.165) is 40.9 Å². The number of benzene rings is 1. The van der Waals surface area contributed by atoms with Gasteiger partial charge in [-0.3, -0.25) is 0 Å². The molecule has 3 heterocycles. The number of nitrogens with one attached hydrogen (secondary N) is 1. The van der Waals surface area contributed by atoms with Crippen molar-refractivity contribution in [2.45, 2.75) is 0 Å². The molecule has 0 bridgehead atoms. The third kappa shape index (κ3) is 2.66. The quantitative estimate of drug-likeness (QED) is 0.775. The lowest BCUT2D eigenvalue weighted by Crippen LogP contribution is -2.36. The molecule has 0 saturated carbocycles. The Kier molecular flexibility index (Phi) is 3.67. The number of aromatic nitrogens is 2. The summed E-state index contributed by atoms with van der Waals surface area (Å²) in [5.74, 6) is -0.348. The molecule has 1 aromatic carbocycles. The number of ether oxygens (including phenoxy) is 1. The summed E-state index contributed by atoms with van der Waals surface area (Å²) in [6.45, 7) is 3.06. The molecule has 1 fully saturated rings. The highest BCUT2D eigenvalue weighted by Gasteiger charge is 2.18. The molecule has 6 heteroatoms. The van der Waals surface area contributed by atoms with Gasteiger partial charge in [-0.25, -0.2) is 9.37 Å². The third-order valence-electron chi connectivity index (χ3n) is 4.08. The lowest BCUT2D eigenvalue weighted by Gasteiger charge is -2.29. The third-order valence-corrected chi connectivity index (χ3v) is 4.30. The number of halogens is 2. The number of morpholine rings is 1. The standard InChI is InChI=1S/C17H15ClFN3O/c18-12-7-11(8-13(19)9-12)14-10-21-17-16(14)15(1-2-20-17)22-3-5-23-6-4-22/h1-2,7-10H,3-6H2,(H,20,21). The molecule has 1 aliphatic heterocycles. The van der Waals surface area contributed by atoms with Gasteiger partial charge in [0.1, 0.15) is 11.5 Å². The summed E-state index contributed by atoms with van der Waals surface area (Å²) < 4.78 is 19.2. The van der Waals surface area contributed by atoms with E-state index in [2.05, 4.69) is 14.9 Å². The fourth-order valence-corrected chi connectivity index (χ4v) is 3.27. The van der Waals surface area contributed by atoms with Gasteiger partial charge in [-0.05, 0) is 29.8 Å². The smallest absolute Gasteiger partial charge is 0.139 e. The maximum absolute atomic E-state index is 13.7. The summed E-state index contributed by atoms with van der Waals surface area (Å²) in [5, 5.41) is 1.36. The van der Waals surface area contributed by atoms with Crippen LogP contribution in [0.25, 0.3) is 22.2 Å². The van der Waals surface area contributed by atoms with Gasteiger partial charge in [-0.2, -0.15) is 0 Å². The Morgan fingerprint density at radius 1 is 1.22 bits per heavy atom. The number of pyridine rings is 1. The number of anilines is 1. The van der Waals surface area contributed by atoms with Gasteiger partial charge in [0.05, 0.1) is 18.9 Å². The van der Waals surface area contributed by atoms with Crippen LogP contribution >= 0.6 is 11.6 Å². The van der Waals surface area contributed by atoms with Gasteiger partial charge >= 0.3 is 0 Å². The van der Waals surface area contributed by atoms with E-state index in [4.69, 9.17) is 16.3 Å². The van der Waals surface area contributed by atoms with E-state index in [-0.39, 0.29) is 5.82 Å². The minimum absolute atomic E-state index is 0.348. The van der Waals surface area contributed by atoms with Crippen LogP contribution in [-0.4, -0.2) is 36.3 Å². The molecule has 4 nitrogen and oxygen atoms in total. The van der Waals surface area contributed by atoms with Crippen LogP contribution < -0.4 is 4.90 Å². The molecule has 1 aliphatic rings. The number of hydrogen-bond acceptors (Lipinski definition) is 3. The van der Waals surface area contributed by atoms with Gasteiger partial charge < -0.3 is 14.6 Å². The molecule has 0 radical (unpaired) electrons. The van der Waals surface area contributed by atoms with E-state index < -0.39 is 0 Å². The van der Waals surface area contributed by atoms with Crippen molar-refractivity contribution in [1.82, 2.24) is 9.97 Å². The summed E-state index contributed by atoms with van der Waals surface area (Å²) in [4.78, 5) is 9.83. The van der Waals surface area contributed by atoms with Crippen LogP contribution in [0.2, 0.25) is 5.02 Å². The monoisotopic (exact) mass is 331 g/mol. The Hall–Kier alpha value is -2.11. The fraction of sp³-hybridized carbons (Fsp3) is 0.235. The van der Waals surface area contributed by atoms with E-state index in [0.29, 0.717) is 18.2 Å². The van der Waals surface area contributed by atoms with Crippen LogP contribution in [0.15, 0.2) is 36.7 Å². The first-order chi connectivity index (χ1) is 11.2. The number of rotatable bonds is 2. The zero-order chi connectivity index (χ0) is 15.8. The fourth-order valence-electron chi connectivity index (χ4n) is 3.04. The molecule has 3 aromatic rings. The Morgan fingerprint density at radius 2 is 2.04 bits per heavy atom. The summed E-state index contributed by atoms with van der Waals surface area (Å²) in [6.07, 6.45) is 3.64. The van der Waals surface area contributed by atoms with Crippen molar-refractivity contribution in [3.8, 4) is 11.1 Å². The van der Waals surface area contributed by atoms with Crippen LogP contribution in [0, 0.1) is 5.82 Å². The van der Waals surface area contributed by atoms with Gasteiger partial charge in [0, 0.05) is 41.5 Å². The van der Waals surface area contributed by atoms with E-state index in [1.165, 1.54) is 12.1 Å². The summed E-state index contributed by atoms with van der Waals surface area (Å²) >= 11 is 6.01. The first-order valence-electron chi connectivity index (χ1n) is 7.47. The Balaban J connectivity index is 1.90. The number of hydrogen-bond donors (Lipinski definition) is 1. The Labute approximate surface area is 137 Å². The lowest BCUT2D eigenvalue weighted by atomic mass is 10.0. The highest BCUT2D eigenvalue weighted by atomic mass is 35.5. The van der Waals surface area contributed by atoms with E-state index in [9.17, 15) is 4.39 Å². The van der Waals surface area contributed by atoms with Crippen molar-refractivity contribution < 1.29 is 9.13 Å². The van der Waals surface area contributed by atoms with Gasteiger partial charge in [-0.1, -0.05) is 11.6 Å². The summed E-state index contributed by atoms with van der Waals surface area (Å²) in [6, 6.07) is 6.56. The molecule has 0 amide bonds. The average molecular weight is 332 g/mol. The number of H-pyrrole nitrogens is 1. The molecule has 23 heavy (non-hydrogen) atoms. The zero-order valence-electron chi connectivity index (χ0n) is 12.4. The van der Waals surface area contributed by atoms with Crippen LogP contribution in [0.1, 0.15) is 0 Å². The minimum Gasteiger partial charge on any atom is -0.378 e.